The van der Waals surface area contributed by atoms with Crippen molar-refractivity contribution in [3.05, 3.63) is 39.9 Å². The molecule has 0 aliphatic heterocycles. The van der Waals surface area contributed by atoms with Crippen LogP contribution in [0.5, 0.6) is 0 Å². The van der Waals surface area contributed by atoms with Gasteiger partial charge in [-0.3, -0.25) is 4.79 Å². The van der Waals surface area contributed by atoms with E-state index in [1.807, 2.05) is 6.92 Å². The number of rotatable bonds is 4. The number of hydrogen-bond acceptors (Lipinski definition) is 3. The van der Waals surface area contributed by atoms with Gasteiger partial charge in [0.25, 0.3) is 0 Å². The van der Waals surface area contributed by atoms with Gasteiger partial charge in [0, 0.05) is 10.4 Å². The first-order valence-electron chi connectivity index (χ1n) is 6.23. The van der Waals surface area contributed by atoms with Gasteiger partial charge in [0.05, 0.1) is 12.1 Å². The highest BCUT2D eigenvalue weighted by Gasteiger charge is 2.11. The van der Waals surface area contributed by atoms with Gasteiger partial charge in [-0.25, -0.2) is 4.98 Å². The van der Waals surface area contributed by atoms with Gasteiger partial charge in [-0.05, 0) is 44.4 Å². The first-order chi connectivity index (χ1) is 8.97. The number of nitrogens with zero attached hydrogens (tertiary/aromatic N) is 1. The van der Waals surface area contributed by atoms with Crippen LogP contribution < -0.4 is 0 Å². The van der Waals surface area contributed by atoms with Gasteiger partial charge in [0.2, 0.25) is 0 Å². The lowest BCUT2D eigenvalue weighted by molar-refractivity contribution is -0.136. The highest BCUT2D eigenvalue weighted by atomic mass is 32.1. The van der Waals surface area contributed by atoms with Crippen LogP contribution in [0.3, 0.4) is 0 Å². The predicted octanol–water partition coefficient (Wildman–Crippen LogP) is 3.75. The van der Waals surface area contributed by atoms with Crippen molar-refractivity contribution in [2.75, 3.05) is 0 Å². The van der Waals surface area contributed by atoms with Crippen LogP contribution in [0, 0.1) is 20.8 Å². The Morgan fingerprint density at radius 1 is 1.26 bits per heavy atom. The Hall–Kier alpha value is -1.68. The van der Waals surface area contributed by atoms with E-state index >= 15 is 0 Å². The van der Waals surface area contributed by atoms with Crippen molar-refractivity contribution >= 4 is 17.3 Å². The summed E-state index contributed by atoms with van der Waals surface area (Å²) in [6, 6.07) is 6.30. The Balaban J connectivity index is 2.28. The first-order valence-corrected chi connectivity index (χ1v) is 7.04. The number of hydrogen-bond donors (Lipinski definition) is 1. The molecule has 0 saturated heterocycles. The minimum atomic E-state index is -0.763. The van der Waals surface area contributed by atoms with E-state index in [4.69, 9.17) is 5.11 Å². The van der Waals surface area contributed by atoms with Gasteiger partial charge in [-0.2, -0.15) is 0 Å². The molecule has 19 heavy (non-hydrogen) atoms. The Bertz CT molecular complexity index is 617. The number of thiazole rings is 1. The molecular formula is C15H17NO2S. The average Bonchev–Trinajstić information content (AvgIpc) is 2.71. The Morgan fingerprint density at radius 2 is 2.00 bits per heavy atom. The lowest BCUT2D eigenvalue weighted by Crippen LogP contribution is -1.96. The summed E-state index contributed by atoms with van der Waals surface area (Å²) in [5.74, 6) is -0.763. The molecular weight excluding hydrogens is 258 g/mol. The summed E-state index contributed by atoms with van der Waals surface area (Å²) < 4.78 is 0. The summed E-state index contributed by atoms with van der Waals surface area (Å²) in [6.07, 6.45) is 0.721. The minimum Gasteiger partial charge on any atom is -0.481 e. The number of carboxylic acids is 1. The highest BCUT2D eigenvalue weighted by molar-refractivity contribution is 7.15. The quantitative estimate of drug-likeness (QED) is 0.924. The predicted molar refractivity (Wildman–Crippen MR) is 77.7 cm³/mol. The Labute approximate surface area is 116 Å². The second-order valence-corrected chi connectivity index (χ2v) is 5.80. The summed E-state index contributed by atoms with van der Waals surface area (Å²) in [6.45, 7) is 6.12. The lowest BCUT2D eigenvalue weighted by atomic mass is 10.1. The van der Waals surface area contributed by atoms with Crippen molar-refractivity contribution in [1.82, 2.24) is 4.98 Å². The fraction of sp³-hybridized carbons (Fsp3) is 0.333. The van der Waals surface area contributed by atoms with Crippen molar-refractivity contribution in [2.45, 2.75) is 33.6 Å². The monoisotopic (exact) mass is 275 g/mol. The van der Waals surface area contributed by atoms with Crippen LogP contribution in [0.1, 0.15) is 28.1 Å². The van der Waals surface area contributed by atoms with E-state index in [1.54, 1.807) is 11.3 Å². The molecule has 4 heteroatoms. The maximum atomic E-state index is 10.6. The highest BCUT2D eigenvalue weighted by Crippen LogP contribution is 2.29. The number of benzene rings is 1. The van der Waals surface area contributed by atoms with Crippen LogP contribution >= 0.6 is 11.3 Å². The van der Waals surface area contributed by atoms with Crippen LogP contribution in [-0.4, -0.2) is 16.1 Å². The van der Waals surface area contributed by atoms with E-state index in [9.17, 15) is 4.79 Å². The number of aromatic nitrogens is 1. The molecule has 2 aromatic rings. The van der Waals surface area contributed by atoms with E-state index in [0.29, 0.717) is 6.42 Å². The van der Waals surface area contributed by atoms with Crippen molar-refractivity contribution in [2.24, 2.45) is 0 Å². The van der Waals surface area contributed by atoms with E-state index in [-0.39, 0.29) is 6.42 Å². The number of carbonyl (C=O) groups is 1. The molecule has 0 amide bonds. The summed E-state index contributed by atoms with van der Waals surface area (Å²) in [5, 5.41) is 9.71. The van der Waals surface area contributed by atoms with Crippen LogP contribution in [-0.2, 0) is 11.2 Å². The van der Waals surface area contributed by atoms with Crippen molar-refractivity contribution in [3.8, 4) is 10.6 Å². The molecule has 0 bridgehead atoms. The molecule has 1 heterocycles. The van der Waals surface area contributed by atoms with Gasteiger partial charge >= 0.3 is 5.97 Å². The largest absolute Gasteiger partial charge is 0.481 e. The smallest absolute Gasteiger partial charge is 0.303 e. The molecule has 1 aromatic heterocycles. The normalized spacial score (nSPS) is 10.7. The van der Waals surface area contributed by atoms with Gasteiger partial charge < -0.3 is 5.11 Å². The van der Waals surface area contributed by atoms with Gasteiger partial charge in [-0.15, -0.1) is 11.3 Å². The first kappa shape index (κ1) is 13.7. The van der Waals surface area contributed by atoms with E-state index in [0.717, 1.165) is 21.1 Å². The van der Waals surface area contributed by atoms with Crippen LogP contribution in [0.4, 0.5) is 0 Å². The maximum absolute atomic E-state index is 10.6. The third-order valence-electron chi connectivity index (χ3n) is 3.21. The molecule has 0 aliphatic rings. The third kappa shape index (κ3) is 3.20. The van der Waals surface area contributed by atoms with Crippen LogP contribution in [0.2, 0.25) is 0 Å². The zero-order valence-electron chi connectivity index (χ0n) is 11.4. The Kier molecular flexibility index (Phi) is 4.00. The maximum Gasteiger partial charge on any atom is 0.303 e. The summed E-state index contributed by atoms with van der Waals surface area (Å²) in [5.41, 5.74) is 4.57. The second-order valence-electron chi connectivity index (χ2n) is 4.72. The molecule has 0 unspecified atom stereocenters. The van der Waals surface area contributed by atoms with E-state index in [2.05, 4.69) is 37.0 Å². The Morgan fingerprint density at radius 3 is 2.63 bits per heavy atom. The second kappa shape index (κ2) is 5.53. The molecule has 0 saturated carbocycles. The summed E-state index contributed by atoms with van der Waals surface area (Å²) in [4.78, 5) is 16.2. The summed E-state index contributed by atoms with van der Waals surface area (Å²) >= 11 is 1.59. The van der Waals surface area contributed by atoms with Gasteiger partial charge in [0.15, 0.2) is 0 Å². The fourth-order valence-corrected chi connectivity index (χ4v) is 2.94. The van der Waals surface area contributed by atoms with Crippen LogP contribution in [0.25, 0.3) is 10.6 Å². The number of aryl methyl sites for hydroxylation is 4. The molecule has 3 nitrogen and oxygen atoms in total. The molecule has 1 aromatic carbocycles. The zero-order chi connectivity index (χ0) is 14.0. The topological polar surface area (TPSA) is 50.2 Å². The van der Waals surface area contributed by atoms with Crippen molar-refractivity contribution in [3.63, 3.8) is 0 Å². The minimum absolute atomic E-state index is 0.162. The van der Waals surface area contributed by atoms with Crippen molar-refractivity contribution in [1.29, 1.82) is 0 Å². The molecule has 2 rings (SSSR count). The molecule has 0 spiro atoms. The van der Waals surface area contributed by atoms with E-state index < -0.39 is 5.97 Å². The lowest BCUT2D eigenvalue weighted by Gasteiger charge is -2.01. The van der Waals surface area contributed by atoms with E-state index in [1.165, 1.54) is 11.1 Å². The number of aliphatic carboxylic acids is 1. The van der Waals surface area contributed by atoms with Crippen LogP contribution in [0.15, 0.2) is 18.2 Å². The molecule has 0 radical (unpaired) electrons. The number of carboxylic acid groups (broad SMARTS) is 1. The summed E-state index contributed by atoms with van der Waals surface area (Å²) in [7, 11) is 0. The SMILES string of the molecule is Cc1ccc(-c2nc(C)c(CCC(=O)O)s2)cc1C. The molecule has 100 valence electrons. The van der Waals surface area contributed by atoms with Crippen molar-refractivity contribution < 1.29 is 9.90 Å². The average molecular weight is 275 g/mol. The third-order valence-corrected chi connectivity index (χ3v) is 4.48. The molecule has 0 aliphatic carbocycles. The van der Waals surface area contributed by atoms with Gasteiger partial charge in [0.1, 0.15) is 5.01 Å². The standard InChI is InChI=1S/C15H17NO2S/c1-9-4-5-12(8-10(9)2)15-16-11(3)13(19-15)6-7-14(17)18/h4-5,8H,6-7H2,1-3H3,(H,17,18). The fourth-order valence-electron chi connectivity index (χ4n) is 1.88. The molecule has 0 fully saturated rings. The van der Waals surface area contributed by atoms with Gasteiger partial charge in [-0.1, -0.05) is 12.1 Å². The molecule has 1 N–H and O–H groups in total. The zero-order valence-corrected chi connectivity index (χ0v) is 12.2. The molecule has 0 atom stereocenters.